The molecule has 0 heterocycles. The summed E-state index contributed by atoms with van der Waals surface area (Å²) in [5, 5.41) is 10.8. The van der Waals surface area contributed by atoms with Crippen molar-refractivity contribution in [2.24, 2.45) is 5.14 Å². The second-order valence-corrected chi connectivity index (χ2v) is 8.25. The highest BCUT2D eigenvalue weighted by atomic mass is 79.9. The molecule has 6 N–H and O–H groups in total. The molecular weight excluding hydrogens is 444 g/mol. The van der Waals surface area contributed by atoms with Gasteiger partial charge in [0.15, 0.2) is 0 Å². The van der Waals surface area contributed by atoms with E-state index in [1.165, 1.54) is 6.07 Å². The van der Waals surface area contributed by atoms with Gasteiger partial charge >= 0.3 is 6.03 Å². The first-order chi connectivity index (χ1) is 13.3. The lowest BCUT2D eigenvalue weighted by molar-refractivity contribution is 0.262. The minimum absolute atomic E-state index is 0.0813. The summed E-state index contributed by atoms with van der Waals surface area (Å²) in [6.45, 7) is 0. The van der Waals surface area contributed by atoms with Gasteiger partial charge in [0.2, 0.25) is 10.0 Å². The van der Waals surface area contributed by atoms with Crippen molar-refractivity contribution < 1.29 is 13.2 Å². The minimum Gasteiger partial charge on any atom is -0.398 e. The normalized spacial score (nSPS) is 11.1. The van der Waals surface area contributed by atoms with Gasteiger partial charge in [-0.05, 0) is 46.3 Å². The van der Waals surface area contributed by atoms with Crippen molar-refractivity contribution in [3.05, 3.63) is 71.2 Å². The molecule has 28 heavy (non-hydrogen) atoms. The molecule has 0 spiro atoms. The third kappa shape index (κ3) is 4.33. The van der Waals surface area contributed by atoms with Gasteiger partial charge in [0, 0.05) is 21.3 Å². The molecule has 0 atom stereocenters. The van der Waals surface area contributed by atoms with Crippen molar-refractivity contribution in [2.75, 3.05) is 16.4 Å². The molecule has 3 rings (SSSR count). The first-order valence-electron chi connectivity index (χ1n) is 8.10. The Labute approximate surface area is 170 Å². The van der Waals surface area contributed by atoms with E-state index in [-0.39, 0.29) is 4.90 Å². The largest absolute Gasteiger partial charge is 0.398 e. The van der Waals surface area contributed by atoms with Crippen LogP contribution in [0.5, 0.6) is 0 Å². The fourth-order valence-corrected chi connectivity index (χ4v) is 3.86. The molecule has 2 amide bonds. The van der Waals surface area contributed by atoms with Gasteiger partial charge in [0.1, 0.15) is 0 Å². The lowest BCUT2D eigenvalue weighted by atomic mass is 10.0. The van der Waals surface area contributed by atoms with Crippen LogP contribution in [0.2, 0.25) is 0 Å². The summed E-state index contributed by atoms with van der Waals surface area (Å²) >= 11 is 3.36. The van der Waals surface area contributed by atoms with Gasteiger partial charge in [0.05, 0.1) is 16.3 Å². The molecule has 0 aliphatic heterocycles. The Balaban J connectivity index is 2.01. The van der Waals surface area contributed by atoms with Crippen LogP contribution >= 0.6 is 15.9 Å². The van der Waals surface area contributed by atoms with E-state index < -0.39 is 16.1 Å². The summed E-state index contributed by atoms with van der Waals surface area (Å²) in [7, 11) is -3.99. The Bertz CT molecular complexity index is 1150. The first-order valence-corrected chi connectivity index (χ1v) is 10.4. The highest BCUT2D eigenvalue weighted by Gasteiger charge is 2.20. The maximum absolute atomic E-state index is 12.5. The van der Waals surface area contributed by atoms with E-state index in [9.17, 15) is 13.2 Å². The number of halogens is 1. The predicted molar refractivity (Wildman–Crippen MR) is 114 cm³/mol. The van der Waals surface area contributed by atoms with E-state index in [1.54, 1.807) is 54.6 Å². The number of hydrogen-bond donors (Lipinski definition) is 4. The minimum atomic E-state index is -3.99. The van der Waals surface area contributed by atoms with Crippen LogP contribution in [0.15, 0.2) is 76.1 Å². The second kappa shape index (κ2) is 8.01. The van der Waals surface area contributed by atoms with Crippen LogP contribution in [-0.4, -0.2) is 14.4 Å². The SMILES string of the molecule is Nc1cccc(NC(=O)Nc2ccccc2Br)c1-c1ccccc1S(N)(=O)=O. The monoisotopic (exact) mass is 460 g/mol. The Hall–Kier alpha value is -2.88. The zero-order chi connectivity index (χ0) is 20.3. The molecule has 3 aromatic rings. The molecule has 0 aliphatic carbocycles. The molecule has 0 fully saturated rings. The molecule has 0 aliphatic rings. The summed E-state index contributed by atoms with van der Waals surface area (Å²) in [6, 6.07) is 17.8. The number of rotatable bonds is 4. The van der Waals surface area contributed by atoms with Crippen molar-refractivity contribution in [3.63, 3.8) is 0 Å². The Morgan fingerprint density at radius 2 is 1.46 bits per heavy atom. The van der Waals surface area contributed by atoms with Gasteiger partial charge in [-0.2, -0.15) is 0 Å². The smallest absolute Gasteiger partial charge is 0.323 e. The second-order valence-electron chi connectivity index (χ2n) is 5.87. The average molecular weight is 461 g/mol. The standard InChI is InChI=1S/C19H17BrN4O3S/c20-13-7-2-3-9-15(13)23-19(25)24-16-10-5-8-14(21)18(16)12-6-1-4-11-17(12)28(22,26)27/h1-11H,21H2,(H2,22,26,27)(H2,23,24,25). The average Bonchev–Trinajstić information content (AvgIpc) is 2.63. The zero-order valence-corrected chi connectivity index (χ0v) is 16.9. The molecule has 0 saturated heterocycles. The fourth-order valence-electron chi connectivity index (χ4n) is 2.73. The van der Waals surface area contributed by atoms with E-state index >= 15 is 0 Å². The summed E-state index contributed by atoms with van der Waals surface area (Å²) in [4.78, 5) is 12.4. The number of nitrogen functional groups attached to an aromatic ring is 1. The third-order valence-corrected chi connectivity index (χ3v) is 5.59. The third-order valence-electron chi connectivity index (χ3n) is 3.93. The molecule has 0 radical (unpaired) electrons. The molecule has 3 aromatic carbocycles. The van der Waals surface area contributed by atoms with E-state index in [0.717, 1.165) is 4.47 Å². The molecule has 0 aromatic heterocycles. The molecule has 0 unspecified atom stereocenters. The highest BCUT2D eigenvalue weighted by Crippen LogP contribution is 2.37. The number of nitrogens with two attached hydrogens (primary N) is 2. The van der Waals surface area contributed by atoms with Gasteiger partial charge < -0.3 is 16.4 Å². The van der Waals surface area contributed by atoms with Gasteiger partial charge in [-0.15, -0.1) is 0 Å². The lowest BCUT2D eigenvalue weighted by Crippen LogP contribution is -2.20. The van der Waals surface area contributed by atoms with E-state index in [4.69, 9.17) is 10.9 Å². The van der Waals surface area contributed by atoms with Crippen LogP contribution in [0.25, 0.3) is 11.1 Å². The van der Waals surface area contributed by atoms with Gasteiger partial charge in [-0.1, -0.05) is 36.4 Å². The molecule has 0 saturated carbocycles. The topological polar surface area (TPSA) is 127 Å². The fraction of sp³-hybridized carbons (Fsp3) is 0. The van der Waals surface area contributed by atoms with Crippen molar-refractivity contribution >= 4 is 49.0 Å². The number of amides is 2. The number of nitrogens with one attached hydrogen (secondary N) is 2. The molecule has 7 nitrogen and oxygen atoms in total. The number of benzene rings is 3. The van der Waals surface area contributed by atoms with E-state index in [0.29, 0.717) is 28.2 Å². The Morgan fingerprint density at radius 3 is 2.18 bits per heavy atom. The lowest BCUT2D eigenvalue weighted by Gasteiger charge is -2.16. The molecule has 9 heteroatoms. The van der Waals surface area contributed by atoms with Crippen LogP contribution in [-0.2, 0) is 10.0 Å². The first kappa shape index (κ1) is 19.9. The summed E-state index contributed by atoms with van der Waals surface area (Å²) in [5.74, 6) is 0. The van der Waals surface area contributed by atoms with Crippen LogP contribution in [0.1, 0.15) is 0 Å². The number of para-hydroxylation sites is 1. The molecular formula is C19H17BrN4O3S. The predicted octanol–water partition coefficient (Wildman–Crippen LogP) is 3.99. The van der Waals surface area contributed by atoms with Crippen LogP contribution < -0.4 is 21.5 Å². The highest BCUT2D eigenvalue weighted by molar-refractivity contribution is 9.10. The number of primary sulfonamides is 1. The summed E-state index contributed by atoms with van der Waals surface area (Å²) in [5.41, 5.74) is 8.01. The number of anilines is 3. The van der Waals surface area contributed by atoms with Crippen LogP contribution in [0.3, 0.4) is 0 Å². The number of sulfonamides is 1. The Morgan fingerprint density at radius 1 is 0.857 bits per heavy atom. The van der Waals surface area contributed by atoms with Crippen molar-refractivity contribution in [1.82, 2.24) is 0 Å². The quantitative estimate of drug-likeness (QED) is 0.438. The Kier molecular flexibility index (Phi) is 5.68. The van der Waals surface area contributed by atoms with Crippen molar-refractivity contribution in [2.45, 2.75) is 4.90 Å². The van der Waals surface area contributed by atoms with Gasteiger partial charge in [-0.3, -0.25) is 0 Å². The van der Waals surface area contributed by atoms with Crippen molar-refractivity contribution in [3.8, 4) is 11.1 Å². The number of hydrogen-bond acceptors (Lipinski definition) is 4. The van der Waals surface area contributed by atoms with Gasteiger partial charge in [0.25, 0.3) is 0 Å². The van der Waals surface area contributed by atoms with Crippen LogP contribution in [0.4, 0.5) is 21.9 Å². The van der Waals surface area contributed by atoms with Crippen molar-refractivity contribution in [1.29, 1.82) is 0 Å². The number of urea groups is 1. The maximum atomic E-state index is 12.5. The van der Waals surface area contributed by atoms with Crippen LogP contribution in [0, 0.1) is 0 Å². The maximum Gasteiger partial charge on any atom is 0.323 e. The molecule has 144 valence electrons. The number of carbonyl (C=O) groups is 1. The van der Waals surface area contributed by atoms with E-state index in [1.807, 2.05) is 6.07 Å². The summed E-state index contributed by atoms with van der Waals surface area (Å²) < 4.78 is 24.7. The number of carbonyl (C=O) groups excluding carboxylic acids is 1. The summed E-state index contributed by atoms with van der Waals surface area (Å²) in [6.07, 6.45) is 0. The van der Waals surface area contributed by atoms with Gasteiger partial charge in [-0.25, -0.2) is 18.4 Å². The zero-order valence-electron chi connectivity index (χ0n) is 14.5. The van der Waals surface area contributed by atoms with E-state index in [2.05, 4.69) is 26.6 Å². The molecule has 0 bridgehead atoms.